The molecule has 0 heterocycles. The molecule has 0 N–H and O–H groups in total. The van der Waals surface area contributed by atoms with Crippen LogP contribution in [0.4, 0.5) is 0 Å². The van der Waals surface area contributed by atoms with E-state index in [1.807, 2.05) is 0 Å². The fourth-order valence-corrected chi connectivity index (χ4v) is 0.879. The molecular weight excluding hydrogens is 191 g/mol. The Morgan fingerprint density at radius 3 is 2.36 bits per heavy atom. The number of aliphatic carboxylic acids is 1. The summed E-state index contributed by atoms with van der Waals surface area (Å²) in [5.74, 6) is -0.457. The third-order valence-electron chi connectivity index (χ3n) is 1.53. The average Bonchev–Trinajstić information content (AvgIpc) is 2.15. The molecule has 1 rings (SSSR count). The first kappa shape index (κ1) is 13.2. The van der Waals surface area contributed by atoms with E-state index in [4.69, 9.17) is 4.74 Å². The third kappa shape index (κ3) is 4.46. The summed E-state index contributed by atoms with van der Waals surface area (Å²) in [5.41, 5.74) is 0.796. The van der Waals surface area contributed by atoms with Gasteiger partial charge in [0.15, 0.2) is 0 Å². The van der Waals surface area contributed by atoms with E-state index in [0.717, 1.165) is 17.4 Å². The van der Waals surface area contributed by atoms with Gasteiger partial charge >= 0.3 is 29.6 Å². The molecule has 0 saturated heterocycles. The quantitative estimate of drug-likeness (QED) is 0.399. The zero-order valence-electron chi connectivity index (χ0n) is 8.19. The summed E-state index contributed by atoms with van der Waals surface area (Å²) in [4.78, 5) is 10.1. The molecule has 1 aromatic carbocycles. The molecule has 0 amide bonds. The Kier molecular flexibility index (Phi) is 6.28. The molecule has 0 atom stereocenters. The standard InChI is InChI=1S/C10H10O3.Na/c1-13-9-5-2-8(3-6-9)4-7-10(11)12;/h2-7H,1H3,(H,11,12);/q;+1/p-1/b7-4+;. The maximum absolute atomic E-state index is 10.1. The molecule has 0 radical (unpaired) electrons. The molecule has 0 fully saturated rings. The number of methoxy groups -OCH3 is 1. The molecule has 0 aromatic heterocycles. The van der Waals surface area contributed by atoms with Gasteiger partial charge in [0.2, 0.25) is 0 Å². The zero-order valence-corrected chi connectivity index (χ0v) is 10.2. The van der Waals surface area contributed by atoms with Gasteiger partial charge in [-0.1, -0.05) is 18.2 Å². The fraction of sp³-hybridized carbons (Fsp3) is 0.100. The van der Waals surface area contributed by atoms with E-state index in [0.29, 0.717) is 0 Å². The molecular formula is C10H9NaO3. The Hall–Kier alpha value is -0.770. The van der Waals surface area contributed by atoms with Crippen LogP contribution in [0.25, 0.3) is 6.08 Å². The van der Waals surface area contributed by atoms with E-state index in [1.165, 1.54) is 6.08 Å². The van der Waals surface area contributed by atoms with Crippen molar-refractivity contribution in [1.82, 2.24) is 0 Å². The number of carbonyl (C=O) groups is 1. The Balaban J connectivity index is 0.00000169. The molecule has 0 aliphatic carbocycles. The Morgan fingerprint density at radius 1 is 1.36 bits per heavy atom. The van der Waals surface area contributed by atoms with Crippen LogP contribution >= 0.6 is 0 Å². The van der Waals surface area contributed by atoms with Crippen LogP contribution in [0.1, 0.15) is 5.56 Å². The van der Waals surface area contributed by atoms with Crippen molar-refractivity contribution in [2.24, 2.45) is 0 Å². The largest absolute Gasteiger partial charge is 1.00 e. The smallest absolute Gasteiger partial charge is 0.545 e. The summed E-state index contributed by atoms with van der Waals surface area (Å²) >= 11 is 0. The number of ether oxygens (including phenoxy) is 1. The van der Waals surface area contributed by atoms with Crippen LogP contribution in [0.2, 0.25) is 0 Å². The van der Waals surface area contributed by atoms with Crippen LogP contribution in [-0.2, 0) is 4.79 Å². The van der Waals surface area contributed by atoms with E-state index in [1.54, 1.807) is 31.4 Å². The van der Waals surface area contributed by atoms with Crippen molar-refractivity contribution in [3.8, 4) is 5.75 Å². The molecule has 4 heteroatoms. The maximum atomic E-state index is 10.1. The zero-order chi connectivity index (χ0) is 9.68. The number of carboxylic acids is 1. The molecule has 0 unspecified atom stereocenters. The van der Waals surface area contributed by atoms with Crippen LogP contribution in [0, 0.1) is 0 Å². The minimum Gasteiger partial charge on any atom is -0.545 e. The second-order valence-corrected chi connectivity index (χ2v) is 2.43. The summed E-state index contributed by atoms with van der Waals surface area (Å²) in [6, 6.07) is 7.04. The number of rotatable bonds is 3. The van der Waals surface area contributed by atoms with Crippen molar-refractivity contribution in [3.05, 3.63) is 35.9 Å². The van der Waals surface area contributed by atoms with Crippen LogP contribution in [0.5, 0.6) is 5.75 Å². The molecule has 3 nitrogen and oxygen atoms in total. The normalized spacial score (nSPS) is 9.50. The maximum Gasteiger partial charge on any atom is 1.00 e. The summed E-state index contributed by atoms with van der Waals surface area (Å²) in [6.07, 6.45) is 2.45. The monoisotopic (exact) mass is 200 g/mol. The number of benzene rings is 1. The molecule has 0 saturated carbocycles. The summed E-state index contributed by atoms with van der Waals surface area (Å²) < 4.78 is 4.94. The Labute approximate surface area is 105 Å². The van der Waals surface area contributed by atoms with Gasteiger partial charge in [0.05, 0.1) is 13.1 Å². The minimum atomic E-state index is -1.20. The van der Waals surface area contributed by atoms with E-state index in [-0.39, 0.29) is 29.6 Å². The fourth-order valence-electron chi connectivity index (χ4n) is 0.879. The van der Waals surface area contributed by atoms with E-state index < -0.39 is 5.97 Å². The second-order valence-electron chi connectivity index (χ2n) is 2.43. The predicted octanol–water partition coefficient (Wildman–Crippen LogP) is -2.54. The first-order valence-corrected chi connectivity index (χ1v) is 3.75. The van der Waals surface area contributed by atoms with Gasteiger partial charge in [-0.3, -0.25) is 0 Å². The Morgan fingerprint density at radius 2 is 1.93 bits per heavy atom. The minimum absolute atomic E-state index is 0. The van der Waals surface area contributed by atoms with Crippen LogP contribution in [0.3, 0.4) is 0 Å². The predicted molar refractivity (Wildman–Crippen MR) is 47.0 cm³/mol. The molecule has 0 spiro atoms. The van der Waals surface area contributed by atoms with Gasteiger partial charge in [-0.15, -0.1) is 0 Å². The van der Waals surface area contributed by atoms with Crippen LogP contribution < -0.4 is 39.4 Å². The molecule has 68 valence electrons. The topological polar surface area (TPSA) is 49.4 Å². The number of hydrogen-bond donors (Lipinski definition) is 0. The SMILES string of the molecule is COc1ccc(/C=C/C(=O)[O-])cc1.[Na+]. The number of carboxylic acid groups (broad SMARTS) is 1. The van der Waals surface area contributed by atoms with Gasteiger partial charge in [-0.2, -0.15) is 0 Å². The number of carbonyl (C=O) groups excluding carboxylic acids is 1. The summed E-state index contributed by atoms with van der Waals surface area (Å²) in [6.45, 7) is 0. The first-order chi connectivity index (χ1) is 6.22. The summed E-state index contributed by atoms with van der Waals surface area (Å²) in [7, 11) is 1.58. The first-order valence-electron chi connectivity index (χ1n) is 3.75. The van der Waals surface area contributed by atoms with Gasteiger partial charge < -0.3 is 14.6 Å². The Bertz CT molecular complexity index is 317. The third-order valence-corrected chi connectivity index (χ3v) is 1.53. The van der Waals surface area contributed by atoms with Gasteiger partial charge in [-0.05, 0) is 23.8 Å². The van der Waals surface area contributed by atoms with Crippen molar-refractivity contribution in [2.45, 2.75) is 0 Å². The van der Waals surface area contributed by atoms with Crippen molar-refractivity contribution in [2.75, 3.05) is 7.11 Å². The van der Waals surface area contributed by atoms with E-state index in [9.17, 15) is 9.90 Å². The van der Waals surface area contributed by atoms with E-state index >= 15 is 0 Å². The van der Waals surface area contributed by atoms with Gasteiger partial charge in [-0.25, -0.2) is 0 Å². The average molecular weight is 200 g/mol. The van der Waals surface area contributed by atoms with Crippen molar-refractivity contribution in [3.63, 3.8) is 0 Å². The van der Waals surface area contributed by atoms with Crippen molar-refractivity contribution in [1.29, 1.82) is 0 Å². The molecule has 0 aliphatic rings. The molecule has 0 aliphatic heterocycles. The van der Waals surface area contributed by atoms with Crippen molar-refractivity contribution >= 4 is 12.0 Å². The molecule has 0 bridgehead atoms. The molecule has 14 heavy (non-hydrogen) atoms. The molecule has 1 aromatic rings. The van der Waals surface area contributed by atoms with Gasteiger partial charge in [0, 0.05) is 0 Å². The van der Waals surface area contributed by atoms with Crippen LogP contribution in [-0.4, -0.2) is 13.1 Å². The number of hydrogen-bond acceptors (Lipinski definition) is 3. The van der Waals surface area contributed by atoms with Crippen molar-refractivity contribution < 1.29 is 44.2 Å². The summed E-state index contributed by atoms with van der Waals surface area (Å²) in [5, 5.41) is 10.1. The van der Waals surface area contributed by atoms with E-state index in [2.05, 4.69) is 0 Å². The van der Waals surface area contributed by atoms with Crippen LogP contribution in [0.15, 0.2) is 30.3 Å². The van der Waals surface area contributed by atoms with Gasteiger partial charge in [0.1, 0.15) is 5.75 Å². The second kappa shape index (κ2) is 6.65. The van der Waals surface area contributed by atoms with Gasteiger partial charge in [0.25, 0.3) is 0 Å².